The van der Waals surface area contributed by atoms with Crippen LogP contribution in [-0.4, -0.2) is 20.0 Å². The van der Waals surface area contributed by atoms with Gasteiger partial charge in [-0.2, -0.15) is 0 Å². The lowest BCUT2D eigenvalue weighted by Gasteiger charge is -2.46. The van der Waals surface area contributed by atoms with E-state index in [-0.39, 0.29) is 0 Å². The molecule has 0 bridgehead atoms. The van der Waals surface area contributed by atoms with E-state index in [9.17, 15) is 0 Å². The topological polar surface area (TPSA) is 36.9 Å². The first kappa shape index (κ1) is 15.4. The lowest BCUT2D eigenvalue weighted by atomic mass is 9.79. The van der Waals surface area contributed by atoms with Crippen molar-refractivity contribution in [3.8, 4) is 23.0 Å². The Labute approximate surface area is 152 Å². The van der Waals surface area contributed by atoms with E-state index in [1.165, 1.54) is 0 Å². The molecule has 5 rings (SSSR count). The maximum Gasteiger partial charge on any atom is 0.298 e. The standard InChI is InChI=1S/C22H20O4/c1-23-18-10-3-6-14-12-16-8-5-9-17-13-15-7-4-11-19(24-2)21(15)26-22(16,17)25-20(14)18/h3-4,6-7,10-13H,5,8-9H2,1-2H3. The Morgan fingerprint density at radius 3 is 1.73 bits per heavy atom. The number of hydrogen-bond donors (Lipinski definition) is 0. The Morgan fingerprint density at radius 1 is 0.769 bits per heavy atom. The van der Waals surface area contributed by atoms with Crippen LogP contribution in [-0.2, 0) is 0 Å². The van der Waals surface area contributed by atoms with Crippen LogP contribution in [0.4, 0.5) is 0 Å². The smallest absolute Gasteiger partial charge is 0.298 e. The summed E-state index contributed by atoms with van der Waals surface area (Å²) in [4.78, 5) is 0. The number of benzene rings is 2. The van der Waals surface area contributed by atoms with Crippen molar-refractivity contribution in [3.05, 3.63) is 58.7 Å². The molecule has 132 valence electrons. The number of fused-ring (bicyclic) bond motifs is 2. The molecule has 2 aliphatic heterocycles. The van der Waals surface area contributed by atoms with E-state index in [2.05, 4.69) is 12.2 Å². The second kappa shape index (κ2) is 5.56. The first-order valence-electron chi connectivity index (χ1n) is 8.89. The van der Waals surface area contributed by atoms with E-state index in [0.717, 1.165) is 53.0 Å². The normalized spacial score (nSPS) is 18.5. The quantitative estimate of drug-likeness (QED) is 0.778. The Balaban J connectivity index is 1.72. The highest BCUT2D eigenvalue weighted by molar-refractivity contribution is 5.75. The summed E-state index contributed by atoms with van der Waals surface area (Å²) in [6.07, 6.45) is 7.35. The molecule has 4 heteroatoms. The monoisotopic (exact) mass is 348 g/mol. The van der Waals surface area contributed by atoms with Crippen molar-refractivity contribution in [1.82, 2.24) is 0 Å². The van der Waals surface area contributed by atoms with Crippen LogP contribution in [0.3, 0.4) is 0 Å². The molecular weight excluding hydrogens is 328 g/mol. The Morgan fingerprint density at radius 2 is 1.27 bits per heavy atom. The summed E-state index contributed by atoms with van der Waals surface area (Å²) in [6.45, 7) is 0. The molecule has 2 aromatic rings. The number of rotatable bonds is 2. The van der Waals surface area contributed by atoms with Gasteiger partial charge in [-0.15, -0.1) is 0 Å². The molecule has 1 fully saturated rings. The van der Waals surface area contributed by atoms with Crippen LogP contribution >= 0.6 is 0 Å². The van der Waals surface area contributed by atoms with Gasteiger partial charge in [-0.05, 0) is 43.5 Å². The largest absolute Gasteiger partial charge is 0.493 e. The molecule has 0 unspecified atom stereocenters. The van der Waals surface area contributed by atoms with Gasteiger partial charge in [0.25, 0.3) is 5.79 Å². The minimum Gasteiger partial charge on any atom is -0.493 e. The second-order valence-corrected chi connectivity index (χ2v) is 6.77. The van der Waals surface area contributed by atoms with Gasteiger partial charge >= 0.3 is 0 Å². The predicted octanol–water partition coefficient (Wildman–Crippen LogP) is 4.84. The highest BCUT2D eigenvalue weighted by Crippen LogP contribution is 2.54. The summed E-state index contributed by atoms with van der Waals surface area (Å²) in [5.41, 5.74) is 4.35. The summed E-state index contributed by atoms with van der Waals surface area (Å²) in [5, 5.41) is 0. The van der Waals surface area contributed by atoms with Gasteiger partial charge in [0.2, 0.25) is 0 Å². The van der Waals surface area contributed by atoms with E-state index in [1.54, 1.807) is 14.2 Å². The van der Waals surface area contributed by atoms with E-state index < -0.39 is 5.79 Å². The SMILES string of the molecule is COc1cccc2c1OC13Oc4c(cccc4OC)C=C1CCCC3=C2. The third-order valence-corrected chi connectivity index (χ3v) is 5.35. The summed E-state index contributed by atoms with van der Waals surface area (Å²) in [6, 6.07) is 11.9. The molecule has 0 saturated heterocycles. The maximum atomic E-state index is 6.57. The Kier molecular flexibility index (Phi) is 3.29. The first-order chi connectivity index (χ1) is 12.7. The van der Waals surface area contributed by atoms with Crippen LogP contribution < -0.4 is 18.9 Å². The minimum atomic E-state index is -0.901. The van der Waals surface area contributed by atoms with Crippen LogP contribution in [0.1, 0.15) is 30.4 Å². The van der Waals surface area contributed by atoms with Gasteiger partial charge in [0.05, 0.1) is 14.2 Å². The van der Waals surface area contributed by atoms with Crippen molar-refractivity contribution >= 4 is 12.2 Å². The van der Waals surface area contributed by atoms with Gasteiger partial charge in [0, 0.05) is 22.3 Å². The molecule has 3 aliphatic rings. The predicted molar refractivity (Wildman–Crippen MR) is 99.8 cm³/mol. The van der Waals surface area contributed by atoms with Gasteiger partial charge < -0.3 is 18.9 Å². The molecule has 1 saturated carbocycles. The summed E-state index contributed by atoms with van der Waals surface area (Å²) in [7, 11) is 3.32. The minimum absolute atomic E-state index is 0.714. The molecule has 4 nitrogen and oxygen atoms in total. The van der Waals surface area contributed by atoms with Crippen LogP contribution in [0.25, 0.3) is 12.2 Å². The summed E-state index contributed by atoms with van der Waals surface area (Å²) >= 11 is 0. The van der Waals surface area contributed by atoms with Crippen molar-refractivity contribution in [2.45, 2.75) is 25.0 Å². The molecule has 0 atom stereocenters. The highest BCUT2D eigenvalue weighted by atomic mass is 16.7. The first-order valence-corrected chi connectivity index (χ1v) is 8.89. The number of ether oxygens (including phenoxy) is 4. The summed E-state index contributed by atoms with van der Waals surface area (Å²) < 4.78 is 24.2. The van der Waals surface area contributed by atoms with E-state index in [0.29, 0.717) is 11.5 Å². The lowest BCUT2D eigenvalue weighted by Crippen LogP contribution is -2.50. The molecule has 1 aliphatic carbocycles. The zero-order valence-electron chi connectivity index (χ0n) is 14.9. The van der Waals surface area contributed by atoms with E-state index in [4.69, 9.17) is 18.9 Å². The second-order valence-electron chi connectivity index (χ2n) is 6.77. The molecule has 0 amide bonds. The fourth-order valence-corrected chi connectivity index (χ4v) is 4.12. The average Bonchev–Trinajstić information content (AvgIpc) is 2.68. The van der Waals surface area contributed by atoms with Crippen molar-refractivity contribution in [2.24, 2.45) is 0 Å². The number of para-hydroxylation sites is 2. The summed E-state index contributed by atoms with van der Waals surface area (Å²) in [5.74, 6) is 1.98. The molecule has 2 heterocycles. The fraction of sp³-hybridized carbons (Fsp3) is 0.273. The molecule has 2 aromatic carbocycles. The maximum absolute atomic E-state index is 6.57. The molecule has 1 spiro atoms. The Hall–Kier alpha value is -2.88. The lowest BCUT2D eigenvalue weighted by molar-refractivity contribution is -0.0645. The third kappa shape index (κ3) is 2.02. The average molecular weight is 348 g/mol. The Bertz CT molecular complexity index is 877. The molecule has 0 aromatic heterocycles. The van der Waals surface area contributed by atoms with Gasteiger partial charge in [-0.1, -0.05) is 24.3 Å². The molecule has 0 radical (unpaired) electrons. The molecule has 26 heavy (non-hydrogen) atoms. The van der Waals surface area contributed by atoms with Crippen molar-refractivity contribution < 1.29 is 18.9 Å². The molecular formula is C22H20O4. The van der Waals surface area contributed by atoms with Gasteiger partial charge in [-0.25, -0.2) is 0 Å². The molecule has 0 N–H and O–H groups in total. The van der Waals surface area contributed by atoms with Gasteiger partial charge in [0.1, 0.15) is 0 Å². The highest BCUT2D eigenvalue weighted by Gasteiger charge is 2.50. The van der Waals surface area contributed by atoms with Crippen LogP contribution in [0.5, 0.6) is 23.0 Å². The number of methoxy groups -OCH3 is 2. The van der Waals surface area contributed by atoms with Gasteiger partial charge in [-0.3, -0.25) is 0 Å². The van der Waals surface area contributed by atoms with Gasteiger partial charge in [0.15, 0.2) is 23.0 Å². The zero-order chi connectivity index (χ0) is 17.7. The van der Waals surface area contributed by atoms with E-state index >= 15 is 0 Å². The third-order valence-electron chi connectivity index (χ3n) is 5.35. The van der Waals surface area contributed by atoms with Crippen molar-refractivity contribution in [1.29, 1.82) is 0 Å². The van der Waals surface area contributed by atoms with Crippen LogP contribution in [0, 0.1) is 0 Å². The zero-order valence-corrected chi connectivity index (χ0v) is 14.9. The number of hydrogen-bond acceptors (Lipinski definition) is 4. The van der Waals surface area contributed by atoms with Crippen molar-refractivity contribution in [2.75, 3.05) is 14.2 Å². The van der Waals surface area contributed by atoms with E-state index in [1.807, 2.05) is 36.4 Å². The van der Waals surface area contributed by atoms with Crippen LogP contribution in [0.15, 0.2) is 47.5 Å². The van der Waals surface area contributed by atoms with Crippen molar-refractivity contribution in [3.63, 3.8) is 0 Å². The van der Waals surface area contributed by atoms with Crippen LogP contribution in [0.2, 0.25) is 0 Å². The fourth-order valence-electron chi connectivity index (χ4n) is 4.12.